The van der Waals surface area contributed by atoms with Gasteiger partial charge in [0, 0.05) is 48.1 Å². The summed E-state index contributed by atoms with van der Waals surface area (Å²) in [4.78, 5) is 11.4. The van der Waals surface area contributed by atoms with Crippen molar-refractivity contribution in [2.24, 2.45) is 0 Å². The third-order valence-electron chi connectivity index (χ3n) is 3.77. The van der Waals surface area contributed by atoms with Crippen molar-refractivity contribution in [3.63, 3.8) is 0 Å². The zero-order valence-corrected chi connectivity index (χ0v) is 15.3. The Morgan fingerprint density at radius 3 is 2.83 bits per heavy atom. The average molecular weight is 392 g/mol. The molecule has 2 heterocycles. The first-order valence-corrected chi connectivity index (χ1v) is 8.90. The maximum atomic E-state index is 5.36. The van der Waals surface area contributed by atoms with Crippen LogP contribution in [-0.2, 0) is 4.74 Å². The predicted molar refractivity (Wildman–Crippen MR) is 99.9 cm³/mol. The standard InChI is InChI=1S/C17H22BrN5O/c1-13-11-16(21-15-4-2-3-14(18)12-15)22-17(20-13)19-5-6-23-7-9-24-10-8-23/h2-4,11-12H,5-10H2,1H3,(H2,19,20,21,22). The summed E-state index contributed by atoms with van der Waals surface area (Å²) >= 11 is 3.48. The van der Waals surface area contributed by atoms with E-state index in [4.69, 9.17) is 4.74 Å². The topological polar surface area (TPSA) is 62.3 Å². The maximum Gasteiger partial charge on any atom is 0.224 e. The van der Waals surface area contributed by atoms with Gasteiger partial charge in [0.25, 0.3) is 0 Å². The van der Waals surface area contributed by atoms with E-state index in [0.29, 0.717) is 5.95 Å². The lowest BCUT2D eigenvalue weighted by atomic mass is 10.3. The minimum Gasteiger partial charge on any atom is -0.379 e. The van der Waals surface area contributed by atoms with E-state index in [1.807, 2.05) is 37.3 Å². The number of rotatable bonds is 6. The molecular weight excluding hydrogens is 370 g/mol. The molecule has 1 aliphatic rings. The summed E-state index contributed by atoms with van der Waals surface area (Å²) in [7, 11) is 0. The van der Waals surface area contributed by atoms with Gasteiger partial charge in [0.05, 0.1) is 13.2 Å². The highest BCUT2D eigenvalue weighted by atomic mass is 79.9. The molecule has 0 amide bonds. The van der Waals surface area contributed by atoms with Gasteiger partial charge in [-0.2, -0.15) is 4.98 Å². The number of halogens is 1. The largest absolute Gasteiger partial charge is 0.379 e. The van der Waals surface area contributed by atoms with Crippen LogP contribution in [0.5, 0.6) is 0 Å². The van der Waals surface area contributed by atoms with Crippen molar-refractivity contribution in [2.45, 2.75) is 6.92 Å². The van der Waals surface area contributed by atoms with Crippen molar-refractivity contribution < 1.29 is 4.74 Å². The second-order valence-corrected chi connectivity index (χ2v) is 6.65. The highest BCUT2D eigenvalue weighted by Crippen LogP contribution is 2.20. The molecule has 0 atom stereocenters. The van der Waals surface area contributed by atoms with Crippen molar-refractivity contribution in [1.29, 1.82) is 0 Å². The van der Waals surface area contributed by atoms with Crippen LogP contribution in [0.3, 0.4) is 0 Å². The fourth-order valence-electron chi connectivity index (χ4n) is 2.58. The summed E-state index contributed by atoms with van der Waals surface area (Å²) in [6.45, 7) is 7.39. The lowest BCUT2D eigenvalue weighted by Crippen LogP contribution is -2.39. The predicted octanol–water partition coefficient (Wildman–Crippen LogP) is 3.04. The van der Waals surface area contributed by atoms with Crippen molar-refractivity contribution in [3.05, 3.63) is 40.5 Å². The molecule has 1 fully saturated rings. The number of hydrogen-bond acceptors (Lipinski definition) is 6. The van der Waals surface area contributed by atoms with Crippen LogP contribution in [0.4, 0.5) is 17.5 Å². The molecule has 7 heteroatoms. The summed E-state index contributed by atoms with van der Waals surface area (Å²) in [5.74, 6) is 1.44. The Kier molecular flexibility index (Phi) is 6.01. The van der Waals surface area contributed by atoms with Gasteiger partial charge in [-0.3, -0.25) is 4.90 Å². The van der Waals surface area contributed by atoms with Gasteiger partial charge in [-0.15, -0.1) is 0 Å². The first kappa shape index (κ1) is 17.1. The van der Waals surface area contributed by atoms with Crippen LogP contribution in [0.1, 0.15) is 5.69 Å². The molecule has 1 aromatic heterocycles. The summed E-state index contributed by atoms with van der Waals surface area (Å²) in [6, 6.07) is 9.95. The first-order chi connectivity index (χ1) is 11.7. The molecule has 2 N–H and O–H groups in total. The molecular formula is C17H22BrN5O. The number of morpholine rings is 1. The maximum absolute atomic E-state index is 5.36. The fraction of sp³-hybridized carbons (Fsp3) is 0.412. The summed E-state index contributed by atoms with van der Waals surface area (Å²) < 4.78 is 6.39. The van der Waals surface area contributed by atoms with Gasteiger partial charge in [0.2, 0.25) is 5.95 Å². The third kappa shape index (κ3) is 5.15. The molecule has 0 unspecified atom stereocenters. The first-order valence-electron chi connectivity index (χ1n) is 8.11. The highest BCUT2D eigenvalue weighted by Gasteiger charge is 2.10. The molecule has 24 heavy (non-hydrogen) atoms. The Morgan fingerprint density at radius 1 is 1.21 bits per heavy atom. The number of nitrogens with one attached hydrogen (secondary N) is 2. The van der Waals surface area contributed by atoms with E-state index in [9.17, 15) is 0 Å². The number of hydrogen-bond donors (Lipinski definition) is 2. The average Bonchev–Trinajstić information content (AvgIpc) is 2.55. The van der Waals surface area contributed by atoms with Crippen LogP contribution < -0.4 is 10.6 Å². The zero-order chi connectivity index (χ0) is 16.8. The van der Waals surface area contributed by atoms with Crippen molar-refractivity contribution >= 4 is 33.4 Å². The van der Waals surface area contributed by atoms with E-state index in [-0.39, 0.29) is 0 Å². The Labute approximate surface area is 150 Å². The van der Waals surface area contributed by atoms with Crippen LogP contribution in [-0.4, -0.2) is 54.3 Å². The Balaban J connectivity index is 1.58. The second-order valence-electron chi connectivity index (χ2n) is 5.73. The normalized spacial score (nSPS) is 15.2. The van der Waals surface area contributed by atoms with Crippen LogP contribution in [0, 0.1) is 6.92 Å². The van der Waals surface area contributed by atoms with Crippen molar-refractivity contribution in [2.75, 3.05) is 50.0 Å². The molecule has 1 aliphatic heterocycles. The Morgan fingerprint density at radius 2 is 2.04 bits per heavy atom. The number of anilines is 3. The van der Waals surface area contributed by atoms with E-state index in [0.717, 1.165) is 61.1 Å². The monoisotopic (exact) mass is 391 g/mol. The molecule has 0 radical (unpaired) electrons. The molecule has 1 aromatic carbocycles. The van der Waals surface area contributed by atoms with E-state index in [1.165, 1.54) is 0 Å². The van der Waals surface area contributed by atoms with Gasteiger partial charge in [-0.1, -0.05) is 22.0 Å². The summed E-state index contributed by atoms with van der Waals surface area (Å²) in [5, 5.41) is 6.63. The number of aryl methyl sites for hydroxylation is 1. The Bertz CT molecular complexity index is 676. The summed E-state index contributed by atoms with van der Waals surface area (Å²) in [6.07, 6.45) is 0. The van der Waals surface area contributed by atoms with Gasteiger partial charge in [-0.25, -0.2) is 4.98 Å². The molecule has 128 valence electrons. The number of benzene rings is 1. The molecule has 0 aliphatic carbocycles. The van der Waals surface area contributed by atoms with E-state index in [2.05, 4.69) is 41.4 Å². The van der Waals surface area contributed by atoms with Gasteiger partial charge >= 0.3 is 0 Å². The summed E-state index contributed by atoms with van der Waals surface area (Å²) in [5.41, 5.74) is 1.91. The van der Waals surface area contributed by atoms with Gasteiger partial charge in [0.15, 0.2) is 0 Å². The molecule has 0 spiro atoms. The lowest BCUT2D eigenvalue weighted by molar-refractivity contribution is 0.0398. The smallest absolute Gasteiger partial charge is 0.224 e. The highest BCUT2D eigenvalue weighted by molar-refractivity contribution is 9.10. The second kappa shape index (κ2) is 8.41. The van der Waals surface area contributed by atoms with E-state index >= 15 is 0 Å². The van der Waals surface area contributed by atoms with Crippen LogP contribution in [0.15, 0.2) is 34.8 Å². The molecule has 2 aromatic rings. The molecule has 6 nitrogen and oxygen atoms in total. The molecule has 0 bridgehead atoms. The minimum absolute atomic E-state index is 0.653. The van der Waals surface area contributed by atoms with Gasteiger partial charge < -0.3 is 15.4 Å². The van der Waals surface area contributed by atoms with Crippen LogP contribution >= 0.6 is 15.9 Å². The Hall–Kier alpha value is -1.70. The number of ether oxygens (including phenoxy) is 1. The minimum atomic E-state index is 0.653. The molecule has 3 rings (SSSR count). The zero-order valence-electron chi connectivity index (χ0n) is 13.8. The molecule has 0 saturated carbocycles. The number of aromatic nitrogens is 2. The van der Waals surface area contributed by atoms with Gasteiger partial charge in [0.1, 0.15) is 5.82 Å². The number of nitrogens with zero attached hydrogens (tertiary/aromatic N) is 3. The SMILES string of the molecule is Cc1cc(Nc2cccc(Br)c2)nc(NCCN2CCOCC2)n1. The molecule has 1 saturated heterocycles. The van der Waals surface area contributed by atoms with Crippen molar-refractivity contribution in [1.82, 2.24) is 14.9 Å². The van der Waals surface area contributed by atoms with Crippen LogP contribution in [0.2, 0.25) is 0 Å². The fourth-order valence-corrected chi connectivity index (χ4v) is 2.98. The van der Waals surface area contributed by atoms with Gasteiger partial charge in [-0.05, 0) is 25.1 Å². The third-order valence-corrected chi connectivity index (χ3v) is 4.26. The van der Waals surface area contributed by atoms with E-state index in [1.54, 1.807) is 0 Å². The van der Waals surface area contributed by atoms with Crippen LogP contribution in [0.25, 0.3) is 0 Å². The quantitative estimate of drug-likeness (QED) is 0.788. The lowest BCUT2D eigenvalue weighted by Gasteiger charge is -2.26. The van der Waals surface area contributed by atoms with E-state index < -0.39 is 0 Å². The van der Waals surface area contributed by atoms with Crippen molar-refractivity contribution in [3.8, 4) is 0 Å².